The summed E-state index contributed by atoms with van der Waals surface area (Å²) in [6.45, 7) is 0. The van der Waals surface area contributed by atoms with Gasteiger partial charge in [0.2, 0.25) is 11.5 Å². The van der Waals surface area contributed by atoms with Crippen LogP contribution in [0.4, 0.5) is 5.13 Å². The third-order valence-electron chi connectivity index (χ3n) is 1.24. The van der Waals surface area contributed by atoms with Crippen LogP contribution < -0.4 is 10.7 Å². The Morgan fingerprint density at radius 2 is 2.67 bits per heavy atom. The highest BCUT2D eigenvalue weighted by Gasteiger charge is 2.20. The molecule has 1 radical (unpaired) electrons. The van der Waals surface area contributed by atoms with Crippen molar-refractivity contribution in [2.24, 2.45) is 5.10 Å². The second-order valence-electron chi connectivity index (χ2n) is 1.89. The van der Waals surface area contributed by atoms with Crippen LogP contribution in [0.2, 0.25) is 0 Å². The Bertz CT molecular complexity index is 273. The number of thiazole rings is 1. The highest BCUT2D eigenvalue weighted by atomic mass is 32.1. The van der Waals surface area contributed by atoms with E-state index in [0.29, 0.717) is 0 Å². The number of hydroxylamine groups is 1. The van der Waals surface area contributed by atoms with Gasteiger partial charge in [0, 0.05) is 11.6 Å². The van der Waals surface area contributed by atoms with Gasteiger partial charge in [-0.05, 0) is 0 Å². The standard InChI is InChI=1S/C5H6N5OS/c1-11-9-4-7-8-10(9)5-6-2-3-12-5/h2-3,8H,1H3. The lowest BCUT2D eigenvalue weighted by Crippen LogP contribution is -2.42. The number of hydrogen-bond acceptors (Lipinski definition) is 7. The van der Waals surface area contributed by atoms with Crippen LogP contribution in [-0.4, -0.2) is 23.6 Å². The minimum atomic E-state index is 0.741. The summed E-state index contributed by atoms with van der Waals surface area (Å²) >= 11 is 1.47. The molecule has 0 bridgehead atoms. The Morgan fingerprint density at radius 3 is 3.33 bits per heavy atom. The molecule has 0 saturated carbocycles. The van der Waals surface area contributed by atoms with Gasteiger partial charge in [-0.3, -0.25) is 4.84 Å². The van der Waals surface area contributed by atoms with Crippen LogP contribution in [-0.2, 0) is 4.84 Å². The van der Waals surface area contributed by atoms with Gasteiger partial charge in [0.25, 0.3) is 0 Å². The van der Waals surface area contributed by atoms with E-state index >= 15 is 0 Å². The summed E-state index contributed by atoms with van der Waals surface area (Å²) < 4.78 is 0. The minimum Gasteiger partial charge on any atom is -0.254 e. The van der Waals surface area contributed by atoms with Crippen molar-refractivity contribution in [3.63, 3.8) is 0 Å². The molecular formula is C5H6N5OS. The minimum absolute atomic E-state index is 0.741. The average molecular weight is 184 g/mol. The van der Waals surface area contributed by atoms with E-state index < -0.39 is 0 Å². The molecule has 1 aliphatic rings. The van der Waals surface area contributed by atoms with Gasteiger partial charge in [0.05, 0.1) is 7.11 Å². The van der Waals surface area contributed by atoms with Gasteiger partial charge < -0.3 is 0 Å². The molecule has 7 heteroatoms. The van der Waals surface area contributed by atoms with E-state index in [9.17, 15) is 0 Å². The predicted molar refractivity (Wildman–Crippen MR) is 44.0 cm³/mol. The molecule has 12 heavy (non-hydrogen) atoms. The largest absolute Gasteiger partial charge is 0.254 e. The Labute approximate surface area is 73.0 Å². The second kappa shape index (κ2) is 2.95. The fraction of sp³-hybridized carbons (Fsp3) is 0.200. The van der Waals surface area contributed by atoms with Crippen LogP contribution in [0.5, 0.6) is 0 Å². The molecule has 63 valence electrons. The molecule has 0 amide bonds. The van der Waals surface area contributed by atoms with Gasteiger partial charge in [-0.1, -0.05) is 0 Å². The Hall–Kier alpha value is -1.34. The van der Waals surface area contributed by atoms with Crippen LogP contribution >= 0.6 is 11.3 Å². The van der Waals surface area contributed by atoms with Crippen molar-refractivity contribution in [3.8, 4) is 0 Å². The Kier molecular flexibility index (Phi) is 1.80. The third kappa shape index (κ3) is 1.08. The molecule has 0 atom stereocenters. The summed E-state index contributed by atoms with van der Waals surface area (Å²) in [5, 5.41) is 9.12. The zero-order valence-electron chi connectivity index (χ0n) is 6.26. The molecule has 0 spiro atoms. The fourth-order valence-electron chi connectivity index (χ4n) is 0.761. The maximum Gasteiger partial charge on any atom is 0.248 e. The molecule has 2 rings (SSSR count). The highest BCUT2D eigenvalue weighted by molar-refractivity contribution is 7.13. The lowest BCUT2D eigenvalue weighted by Gasteiger charge is -2.21. The van der Waals surface area contributed by atoms with Crippen molar-refractivity contribution in [2.75, 3.05) is 12.2 Å². The number of rotatable bonds is 2. The van der Waals surface area contributed by atoms with Crippen LogP contribution in [0.3, 0.4) is 0 Å². The van der Waals surface area contributed by atoms with Crippen molar-refractivity contribution in [2.45, 2.75) is 0 Å². The predicted octanol–water partition coefficient (Wildman–Crippen LogP) is 0.0664. The third-order valence-corrected chi connectivity index (χ3v) is 1.98. The van der Waals surface area contributed by atoms with E-state index in [1.165, 1.54) is 28.7 Å². The molecule has 2 heterocycles. The van der Waals surface area contributed by atoms with Gasteiger partial charge in [0.15, 0.2) is 0 Å². The molecule has 1 N–H and O–H groups in total. The van der Waals surface area contributed by atoms with Crippen LogP contribution in [0.15, 0.2) is 16.7 Å². The molecule has 6 nitrogen and oxygen atoms in total. The number of hydrazone groups is 1. The lowest BCUT2D eigenvalue weighted by atomic mass is 11.0. The Morgan fingerprint density at radius 1 is 1.75 bits per heavy atom. The summed E-state index contributed by atoms with van der Waals surface area (Å²) in [5.74, 6) is 0. The maximum atomic E-state index is 4.91. The van der Waals surface area contributed by atoms with Gasteiger partial charge in [-0.2, -0.15) is 5.53 Å². The van der Waals surface area contributed by atoms with Crippen LogP contribution in [0, 0.1) is 0 Å². The fourth-order valence-corrected chi connectivity index (χ4v) is 1.34. The number of anilines is 1. The molecule has 1 aromatic heterocycles. The highest BCUT2D eigenvalue weighted by Crippen LogP contribution is 2.18. The molecule has 0 fully saturated rings. The SMILES string of the molecule is CON1[C]=NNN1c1nccs1. The molecule has 0 unspecified atom stereocenters. The van der Waals surface area contributed by atoms with Crippen molar-refractivity contribution in [3.05, 3.63) is 11.6 Å². The summed E-state index contributed by atoms with van der Waals surface area (Å²) in [4.78, 5) is 8.96. The summed E-state index contributed by atoms with van der Waals surface area (Å²) in [5.41, 5.74) is 2.66. The van der Waals surface area contributed by atoms with Crippen LogP contribution in [0.25, 0.3) is 0 Å². The van der Waals surface area contributed by atoms with E-state index in [1.54, 1.807) is 6.20 Å². The molecule has 1 aliphatic heterocycles. The zero-order chi connectivity index (χ0) is 8.39. The zero-order valence-corrected chi connectivity index (χ0v) is 7.08. The van der Waals surface area contributed by atoms with Crippen molar-refractivity contribution >= 4 is 22.8 Å². The van der Waals surface area contributed by atoms with Gasteiger partial charge in [-0.15, -0.1) is 26.7 Å². The first-order valence-corrected chi connectivity index (χ1v) is 4.04. The molecule has 0 saturated heterocycles. The topological polar surface area (TPSA) is 53.0 Å². The van der Waals surface area contributed by atoms with Gasteiger partial charge >= 0.3 is 0 Å². The van der Waals surface area contributed by atoms with E-state index in [2.05, 4.69) is 22.0 Å². The van der Waals surface area contributed by atoms with E-state index in [1.807, 2.05) is 5.38 Å². The summed E-state index contributed by atoms with van der Waals surface area (Å²) in [6, 6.07) is 0. The first-order valence-electron chi connectivity index (χ1n) is 3.16. The number of nitrogens with one attached hydrogen (secondary N) is 1. The average Bonchev–Trinajstić information content (AvgIpc) is 2.74. The van der Waals surface area contributed by atoms with Crippen LogP contribution in [0.1, 0.15) is 0 Å². The first-order chi connectivity index (χ1) is 5.92. The Balaban J connectivity index is 2.15. The van der Waals surface area contributed by atoms with Gasteiger partial charge in [0.1, 0.15) is 0 Å². The van der Waals surface area contributed by atoms with Gasteiger partial charge in [-0.25, -0.2) is 4.98 Å². The molecule has 0 aromatic carbocycles. The number of nitrogens with zero attached hydrogens (tertiary/aromatic N) is 4. The lowest BCUT2D eigenvalue weighted by molar-refractivity contribution is -0.0690. The molecule has 1 aromatic rings. The molecular weight excluding hydrogens is 178 g/mol. The first kappa shape index (κ1) is 7.32. The monoisotopic (exact) mass is 184 g/mol. The summed E-state index contributed by atoms with van der Waals surface area (Å²) in [6.07, 6.45) is 4.26. The number of hydrogen-bond donors (Lipinski definition) is 1. The number of hydrazine groups is 2. The molecule has 0 aliphatic carbocycles. The van der Waals surface area contributed by atoms with Crippen molar-refractivity contribution < 1.29 is 4.84 Å². The number of aromatic nitrogens is 1. The second-order valence-corrected chi connectivity index (χ2v) is 2.77. The normalized spacial score (nSPS) is 15.4. The van der Waals surface area contributed by atoms with E-state index in [-0.39, 0.29) is 0 Å². The van der Waals surface area contributed by atoms with E-state index in [4.69, 9.17) is 4.84 Å². The smallest absolute Gasteiger partial charge is 0.248 e. The van der Waals surface area contributed by atoms with E-state index in [0.717, 1.165) is 5.13 Å². The summed E-state index contributed by atoms with van der Waals surface area (Å²) in [7, 11) is 1.52. The van der Waals surface area contributed by atoms with Crippen molar-refractivity contribution in [1.82, 2.24) is 15.7 Å². The quantitative estimate of drug-likeness (QED) is 0.704. The maximum absolute atomic E-state index is 4.91. The van der Waals surface area contributed by atoms with Crippen molar-refractivity contribution in [1.29, 1.82) is 0 Å².